The summed E-state index contributed by atoms with van der Waals surface area (Å²) in [7, 11) is 1.60. The van der Waals surface area contributed by atoms with Crippen LogP contribution in [0.1, 0.15) is 21.5 Å². The predicted octanol–water partition coefficient (Wildman–Crippen LogP) is 5.42. The molecule has 162 valence electrons. The van der Waals surface area contributed by atoms with Gasteiger partial charge in [0.2, 0.25) is 0 Å². The van der Waals surface area contributed by atoms with Gasteiger partial charge in [-0.05, 0) is 47.5 Å². The molecule has 6 nitrogen and oxygen atoms in total. The summed E-state index contributed by atoms with van der Waals surface area (Å²) in [6, 6.07) is 24.1. The van der Waals surface area contributed by atoms with Crippen molar-refractivity contribution < 1.29 is 14.3 Å². The Balaban J connectivity index is 1.37. The van der Waals surface area contributed by atoms with Gasteiger partial charge in [-0.1, -0.05) is 48.0 Å². The number of nitrogens with zero attached hydrogens (tertiary/aromatic N) is 2. The lowest BCUT2D eigenvalue weighted by molar-refractivity contribution is 0.102. The standard InChI is InChI=1S/C25H22ClN3O3/c1-31-22-7-2-3-8-23(22)32-17-19-5-4-6-20(15-19)25(30)27-24-13-14-29(28-24)16-18-9-11-21(26)12-10-18/h2-15H,16-17H2,1H3,(H,27,28,30). The zero-order chi connectivity index (χ0) is 22.3. The number of benzene rings is 3. The number of ether oxygens (including phenoxy) is 2. The summed E-state index contributed by atoms with van der Waals surface area (Å²) < 4.78 is 12.9. The quantitative estimate of drug-likeness (QED) is 0.391. The Morgan fingerprint density at radius 1 is 0.969 bits per heavy atom. The highest BCUT2D eigenvalue weighted by Gasteiger charge is 2.10. The SMILES string of the molecule is COc1ccccc1OCc1cccc(C(=O)Nc2ccn(Cc3ccc(Cl)cc3)n2)c1. The van der Waals surface area contributed by atoms with E-state index in [2.05, 4.69) is 10.4 Å². The molecule has 0 aliphatic rings. The predicted molar refractivity (Wildman–Crippen MR) is 125 cm³/mol. The second kappa shape index (κ2) is 10.0. The average molecular weight is 448 g/mol. The van der Waals surface area contributed by atoms with Gasteiger partial charge in [0.05, 0.1) is 13.7 Å². The number of aromatic nitrogens is 2. The fourth-order valence-corrected chi connectivity index (χ4v) is 3.31. The molecule has 0 saturated carbocycles. The third-order valence-corrected chi connectivity index (χ3v) is 5.04. The van der Waals surface area contributed by atoms with Gasteiger partial charge in [0.1, 0.15) is 6.61 Å². The summed E-state index contributed by atoms with van der Waals surface area (Å²) >= 11 is 5.93. The van der Waals surface area contributed by atoms with Crippen LogP contribution in [0.5, 0.6) is 11.5 Å². The number of para-hydroxylation sites is 2. The van der Waals surface area contributed by atoms with E-state index in [1.54, 1.807) is 30.0 Å². The summed E-state index contributed by atoms with van der Waals surface area (Å²) in [4.78, 5) is 12.7. The molecule has 0 spiro atoms. The molecule has 32 heavy (non-hydrogen) atoms. The van der Waals surface area contributed by atoms with Gasteiger partial charge in [0.25, 0.3) is 5.91 Å². The van der Waals surface area contributed by atoms with E-state index in [1.165, 1.54) is 0 Å². The van der Waals surface area contributed by atoms with Gasteiger partial charge >= 0.3 is 0 Å². The van der Waals surface area contributed by atoms with Crippen LogP contribution in [0.3, 0.4) is 0 Å². The first-order valence-corrected chi connectivity index (χ1v) is 10.4. The molecule has 4 rings (SSSR count). The van der Waals surface area contributed by atoms with Crippen LogP contribution in [-0.2, 0) is 13.2 Å². The zero-order valence-electron chi connectivity index (χ0n) is 17.5. The van der Waals surface area contributed by atoms with Crippen molar-refractivity contribution in [2.24, 2.45) is 0 Å². The van der Waals surface area contributed by atoms with Gasteiger partial charge in [-0.15, -0.1) is 0 Å². The number of hydrogen-bond acceptors (Lipinski definition) is 4. The Hall–Kier alpha value is -3.77. The lowest BCUT2D eigenvalue weighted by Gasteiger charge is -2.11. The van der Waals surface area contributed by atoms with Gasteiger partial charge in [-0.25, -0.2) is 0 Å². The topological polar surface area (TPSA) is 65.4 Å². The number of methoxy groups -OCH3 is 1. The first-order chi connectivity index (χ1) is 15.6. The minimum Gasteiger partial charge on any atom is -0.493 e. The molecule has 0 radical (unpaired) electrons. The molecule has 4 aromatic rings. The number of nitrogens with one attached hydrogen (secondary N) is 1. The second-order valence-electron chi connectivity index (χ2n) is 7.12. The lowest BCUT2D eigenvalue weighted by Crippen LogP contribution is -2.13. The van der Waals surface area contributed by atoms with E-state index < -0.39 is 0 Å². The number of carbonyl (C=O) groups excluding carboxylic acids is 1. The molecule has 3 aromatic carbocycles. The minimum absolute atomic E-state index is 0.235. The number of hydrogen-bond donors (Lipinski definition) is 1. The number of amides is 1. The zero-order valence-corrected chi connectivity index (χ0v) is 18.3. The Labute approximate surface area is 191 Å². The Morgan fingerprint density at radius 3 is 2.53 bits per heavy atom. The molecule has 1 amide bonds. The van der Waals surface area contributed by atoms with Crippen molar-refractivity contribution in [3.8, 4) is 11.5 Å². The highest BCUT2D eigenvalue weighted by Crippen LogP contribution is 2.26. The first kappa shape index (κ1) is 21.5. The lowest BCUT2D eigenvalue weighted by atomic mass is 10.1. The number of rotatable bonds is 8. The van der Waals surface area contributed by atoms with Gasteiger partial charge < -0.3 is 14.8 Å². The van der Waals surface area contributed by atoms with E-state index >= 15 is 0 Å². The maximum absolute atomic E-state index is 12.7. The molecule has 0 fully saturated rings. The summed E-state index contributed by atoms with van der Waals surface area (Å²) in [5.41, 5.74) is 2.47. The maximum atomic E-state index is 12.7. The number of anilines is 1. The smallest absolute Gasteiger partial charge is 0.256 e. The molecule has 0 atom stereocenters. The molecule has 1 aromatic heterocycles. The number of carbonyl (C=O) groups is 1. The van der Waals surface area contributed by atoms with Crippen LogP contribution in [0.2, 0.25) is 5.02 Å². The molecule has 7 heteroatoms. The van der Waals surface area contributed by atoms with Crippen molar-refractivity contribution in [2.45, 2.75) is 13.2 Å². The van der Waals surface area contributed by atoms with Crippen molar-refractivity contribution in [2.75, 3.05) is 12.4 Å². The van der Waals surface area contributed by atoms with E-state index in [0.717, 1.165) is 11.1 Å². The molecule has 1 N–H and O–H groups in total. The molecule has 0 aliphatic heterocycles. The Morgan fingerprint density at radius 2 is 1.75 bits per heavy atom. The number of halogens is 1. The maximum Gasteiger partial charge on any atom is 0.256 e. The fraction of sp³-hybridized carbons (Fsp3) is 0.120. The van der Waals surface area contributed by atoms with Crippen LogP contribution in [0, 0.1) is 0 Å². The highest BCUT2D eigenvalue weighted by molar-refractivity contribution is 6.30. The second-order valence-corrected chi connectivity index (χ2v) is 7.56. The van der Waals surface area contributed by atoms with Gasteiger partial charge in [-0.2, -0.15) is 5.10 Å². The summed E-state index contributed by atoms with van der Waals surface area (Å²) in [6.45, 7) is 0.903. The first-order valence-electron chi connectivity index (χ1n) is 10.0. The molecule has 0 saturated heterocycles. The van der Waals surface area contributed by atoms with Crippen LogP contribution in [0.15, 0.2) is 85.1 Å². The minimum atomic E-state index is -0.235. The van der Waals surface area contributed by atoms with Crippen LogP contribution in [0.25, 0.3) is 0 Å². The summed E-state index contributed by atoms with van der Waals surface area (Å²) in [5.74, 6) is 1.56. The van der Waals surface area contributed by atoms with Crippen molar-refractivity contribution in [3.63, 3.8) is 0 Å². The molecular weight excluding hydrogens is 426 g/mol. The third-order valence-electron chi connectivity index (χ3n) is 4.79. The normalized spacial score (nSPS) is 10.6. The molecule has 0 bridgehead atoms. The van der Waals surface area contributed by atoms with Crippen LogP contribution in [0.4, 0.5) is 5.82 Å². The van der Waals surface area contributed by atoms with Crippen LogP contribution < -0.4 is 14.8 Å². The van der Waals surface area contributed by atoms with Gasteiger partial charge in [0.15, 0.2) is 17.3 Å². The van der Waals surface area contributed by atoms with E-state index in [4.69, 9.17) is 21.1 Å². The van der Waals surface area contributed by atoms with E-state index in [-0.39, 0.29) is 5.91 Å². The molecule has 0 aliphatic carbocycles. The molecule has 0 unspecified atom stereocenters. The van der Waals surface area contributed by atoms with Crippen molar-refractivity contribution in [1.29, 1.82) is 0 Å². The Bertz CT molecular complexity index is 1210. The van der Waals surface area contributed by atoms with E-state index in [9.17, 15) is 4.79 Å². The highest BCUT2D eigenvalue weighted by atomic mass is 35.5. The van der Waals surface area contributed by atoms with Crippen LogP contribution in [-0.4, -0.2) is 22.8 Å². The van der Waals surface area contributed by atoms with Gasteiger partial charge in [0, 0.05) is 22.8 Å². The summed E-state index contributed by atoms with van der Waals surface area (Å²) in [5, 5.41) is 7.96. The molecule has 1 heterocycles. The average Bonchev–Trinajstić information content (AvgIpc) is 3.26. The van der Waals surface area contributed by atoms with Crippen molar-refractivity contribution in [1.82, 2.24) is 9.78 Å². The molecular formula is C25H22ClN3O3. The fourth-order valence-electron chi connectivity index (χ4n) is 3.18. The van der Waals surface area contributed by atoms with Crippen molar-refractivity contribution >= 4 is 23.3 Å². The van der Waals surface area contributed by atoms with Crippen LogP contribution >= 0.6 is 11.6 Å². The van der Waals surface area contributed by atoms with E-state index in [0.29, 0.717) is 41.1 Å². The van der Waals surface area contributed by atoms with Gasteiger partial charge in [-0.3, -0.25) is 9.48 Å². The monoisotopic (exact) mass is 447 g/mol. The summed E-state index contributed by atoms with van der Waals surface area (Å²) in [6.07, 6.45) is 1.82. The van der Waals surface area contributed by atoms with Crippen molar-refractivity contribution in [3.05, 3.63) is 107 Å². The largest absolute Gasteiger partial charge is 0.493 e. The third kappa shape index (κ3) is 5.47. The Kier molecular flexibility index (Phi) is 6.72. The van der Waals surface area contributed by atoms with E-state index in [1.807, 2.05) is 66.9 Å².